The van der Waals surface area contributed by atoms with E-state index in [-0.39, 0.29) is 16.8 Å². The van der Waals surface area contributed by atoms with Crippen molar-refractivity contribution >= 4 is 23.0 Å². The summed E-state index contributed by atoms with van der Waals surface area (Å²) in [6, 6.07) is 3.32. The molecule has 0 bridgehead atoms. The van der Waals surface area contributed by atoms with Crippen LogP contribution in [0.15, 0.2) is 12.1 Å². The number of hydrogen-bond donors (Lipinski definition) is 1. The maximum atomic E-state index is 10.8. The second kappa shape index (κ2) is 4.74. The molecule has 6 heteroatoms. The molecule has 18 heavy (non-hydrogen) atoms. The van der Waals surface area contributed by atoms with Gasteiger partial charge in [0.05, 0.1) is 4.92 Å². The first-order valence-electron chi connectivity index (χ1n) is 5.85. The van der Waals surface area contributed by atoms with Gasteiger partial charge in [0.2, 0.25) is 0 Å². The lowest BCUT2D eigenvalue weighted by atomic mass is 10.1. The Kier molecular flexibility index (Phi) is 3.45. The smallest absolute Gasteiger partial charge is 0.288 e. The highest BCUT2D eigenvalue weighted by molar-refractivity contribution is 6.33. The highest BCUT2D eigenvalue weighted by atomic mass is 35.5. The van der Waals surface area contributed by atoms with Crippen molar-refractivity contribution in [3.05, 3.63) is 32.8 Å². The molecule has 0 amide bonds. The summed E-state index contributed by atoms with van der Waals surface area (Å²) in [4.78, 5) is 12.5. The van der Waals surface area contributed by atoms with Crippen molar-refractivity contribution in [3.63, 3.8) is 0 Å². The summed E-state index contributed by atoms with van der Waals surface area (Å²) in [5.41, 5.74) is 7.73. The molecule has 1 aromatic carbocycles. The lowest BCUT2D eigenvalue weighted by Crippen LogP contribution is -2.28. The van der Waals surface area contributed by atoms with E-state index in [1.165, 1.54) is 6.07 Å². The average molecular weight is 270 g/mol. The zero-order valence-corrected chi connectivity index (χ0v) is 11.1. The monoisotopic (exact) mass is 269 g/mol. The largest absolute Gasteiger partial charge is 0.369 e. The van der Waals surface area contributed by atoms with Crippen LogP contribution < -0.4 is 10.6 Å². The molecule has 1 aliphatic rings. The summed E-state index contributed by atoms with van der Waals surface area (Å²) in [6.45, 7) is 5.58. The van der Waals surface area contributed by atoms with Crippen molar-refractivity contribution in [1.29, 1.82) is 0 Å². The Bertz CT molecular complexity index is 482. The van der Waals surface area contributed by atoms with Crippen LogP contribution in [0.3, 0.4) is 0 Å². The molecule has 5 nitrogen and oxygen atoms in total. The molecule has 98 valence electrons. The Balaban J connectivity index is 2.36. The maximum absolute atomic E-state index is 10.8. The molecule has 1 saturated heterocycles. The third-order valence-corrected chi connectivity index (χ3v) is 3.78. The van der Waals surface area contributed by atoms with E-state index < -0.39 is 4.92 Å². The molecule has 0 aromatic heterocycles. The fraction of sp³-hybridized carbons (Fsp3) is 0.500. The summed E-state index contributed by atoms with van der Waals surface area (Å²) in [7, 11) is 0. The highest BCUT2D eigenvalue weighted by Gasteiger charge is 2.28. The number of aryl methyl sites for hydroxylation is 1. The highest BCUT2D eigenvalue weighted by Crippen LogP contribution is 2.34. The molecule has 1 aliphatic heterocycles. The third-order valence-electron chi connectivity index (χ3n) is 3.47. The van der Waals surface area contributed by atoms with Gasteiger partial charge in [-0.25, -0.2) is 0 Å². The normalized spacial score (nSPS) is 23.4. The minimum absolute atomic E-state index is 0.0468. The molecule has 2 rings (SSSR count). The van der Waals surface area contributed by atoms with Gasteiger partial charge in [-0.05, 0) is 24.5 Å². The van der Waals surface area contributed by atoms with Gasteiger partial charge in [0.15, 0.2) is 0 Å². The van der Waals surface area contributed by atoms with Crippen molar-refractivity contribution in [2.45, 2.75) is 19.9 Å². The molecular weight excluding hydrogens is 254 g/mol. The average Bonchev–Trinajstić information content (AvgIpc) is 2.61. The van der Waals surface area contributed by atoms with E-state index >= 15 is 0 Å². The fourth-order valence-electron chi connectivity index (χ4n) is 2.33. The predicted molar refractivity (Wildman–Crippen MR) is 72.2 cm³/mol. The van der Waals surface area contributed by atoms with Crippen LogP contribution in [0.2, 0.25) is 5.02 Å². The van der Waals surface area contributed by atoms with Crippen molar-refractivity contribution in [1.82, 2.24) is 0 Å². The standard InChI is InChI=1S/C12H16ClN3O2/c1-7-3-12(16(17)18)9(13)4-11(7)15-5-8(2)10(14)6-15/h3-4,8,10H,5-6,14H2,1-2H3. The Hall–Kier alpha value is -1.33. The number of nitro groups is 1. The molecule has 1 fully saturated rings. The summed E-state index contributed by atoms with van der Waals surface area (Å²) >= 11 is 5.95. The summed E-state index contributed by atoms with van der Waals surface area (Å²) in [5.74, 6) is 0.415. The zero-order chi connectivity index (χ0) is 13.4. The van der Waals surface area contributed by atoms with E-state index in [2.05, 4.69) is 11.8 Å². The second-order valence-electron chi connectivity index (χ2n) is 4.89. The molecule has 1 heterocycles. The Labute approximate surface area is 111 Å². The number of halogens is 1. The summed E-state index contributed by atoms with van der Waals surface area (Å²) in [5, 5.41) is 11.0. The van der Waals surface area contributed by atoms with E-state index in [0.717, 1.165) is 24.3 Å². The van der Waals surface area contributed by atoms with Crippen molar-refractivity contribution in [2.75, 3.05) is 18.0 Å². The first-order chi connectivity index (χ1) is 8.40. The first kappa shape index (κ1) is 13.1. The van der Waals surface area contributed by atoms with Gasteiger partial charge in [-0.3, -0.25) is 10.1 Å². The summed E-state index contributed by atoms with van der Waals surface area (Å²) < 4.78 is 0. The zero-order valence-electron chi connectivity index (χ0n) is 10.4. The second-order valence-corrected chi connectivity index (χ2v) is 5.30. The van der Waals surface area contributed by atoms with Crippen LogP contribution in [0.25, 0.3) is 0 Å². The third kappa shape index (κ3) is 2.28. The quantitative estimate of drug-likeness (QED) is 0.661. The van der Waals surface area contributed by atoms with Gasteiger partial charge in [-0.2, -0.15) is 0 Å². The van der Waals surface area contributed by atoms with Crippen LogP contribution in [0.5, 0.6) is 0 Å². The molecule has 2 unspecified atom stereocenters. The SMILES string of the molecule is Cc1cc([N+](=O)[O-])c(Cl)cc1N1CC(C)C(N)C1. The number of anilines is 1. The number of nitrogens with zero attached hydrogens (tertiary/aromatic N) is 2. The van der Waals surface area contributed by atoms with Gasteiger partial charge >= 0.3 is 0 Å². The Morgan fingerprint density at radius 2 is 2.17 bits per heavy atom. The molecule has 0 saturated carbocycles. The minimum Gasteiger partial charge on any atom is -0.369 e. The number of nitro benzene ring substituents is 1. The molecule has 0 spiro atoms. The predicted octanol–water partition coefficient (Wildman–Crippen LogP) is 2.34. The number of benzene rings is 1. The van der Waals surface area contributed by atoms with Crippen LogP contribution in [-0.4, -0.2) is 24.1 Å². The van der Waals surface area contributed by atoms with Crippen LogP contribution in [0.1, 0.15) is 12.5 Å². The lowest BCUT2D eigenvalue weighted by molar-refractivity contribution is -0.384. The molecule has 2 atom stereocenters. The van der Waals surface area contributed by atoms with Gasteiger partial charge in [0, 0.05) is 30.9 Å². The van der Waals surface area contributed by atoms with Gasteiger partial charge < -0.3 is 10.6 Å². The number of nitrogens with two attached hydrogens (primary N) is 1. The van der Waals surface area contributed by atoms with E-state index in [0.29, 0.717) is 5.92 Å². The van der Waals surface area contributed by atoms with Crippen molar-refractivity contribution < 1.29 is 4.92 Å². The Morgan fingerprint density at radius 1 is 1.50 bits per heavy atom. The van der Waals surface area contributed by atoms with Crippen LogP contribution >= 0.6 is 11.6 Å². The Morgan fingerprint density at radius 3 is 2.67 bits per heavy atom. The first-order valence-corrected chi connectivity index (χ1v) is 6.23. The van der Waals surface area contributed by atoms with Gasteiger partial charge in [0.1, 0.15) is 5.02 Å². The number of rotatable bonds is 2. The van der Waals surface area contributed by atoms with Gasteiger partial charge in [-0.15, -0.1) is 0 Å². The molecule has 2 N–H and O–H groups in total. The molecular formula is C12H16ClN3O2. The van der Waals surface area contributed by atoms with Crippen molar-refractivity contribution in [3.8, 4) is 0 Å². The van der Waals surface area contributed by atoms with Crippen LogP contribution in [0.4, 0.5) is 11.4 Å². The molecule has 1 aromatic rings. The van der Waals surface area contributed by atoms with Crippen molar-refractivity contribution in [2.24, 2.45) is 11.7 Å². The number of hydrogen-bond acceptors (Lipinski definition) is 4. The lowest BCUT2D eigenvalue weighted by Gasteiger charge is -2.20. The molecule has 0 aliphatic carbocycles. The van der Waals surface area contributed by atoms with E-state index in [1.54, 1.807) is 6.07 Å². The minimum atomic E-state index is -0.461. The van der Waals surface area contributed by atoms with E-state index in [9.17, 15) is 10.1 Å². The van der Waals surface area contributed by atoms with E-state index in [4.69, 9.17) is 17.3 Å². The molecule has 0 radical (unpaired) electrons. The fourth-order valence-corrected chi connectivity index (χ4v) is 2.55. The van der Waals surface area contributed by atoms with Gasteiger partial charge in [0.25, 0.3) is 5.69 Å². The van der Waals surface area contributed by atoms with E-state index in [1.807, 2.05) is 6.92 Å². The summed E-state index contributed by atoms with van der Waals surface area (Å²) in [6.07, 6.45) is 0. The topological polar surface area (TPSA) is 72.4 Å². The van der Waals surface area contributed by atoms with Crippen LogP contribution in [0, 0.1) is 23.0 Å². The van der Waals surface area contributed by atoms with Crippen LogP contribution in [-0.2, 0) is 0 Å². The maximum Gasteiger partial charge on any atom is 0.288 e. The van der Waals surface area contributed by atoms with Gasteiger partial charge in [-0.1, -0.05) is 18.5 Å².